The van der Waals surface area contributed by atoms with Crippen LogP contribution in [0.2, 0.25) is 0 Å². The first kappa shape index (κ1) is 18.6. The number of amides is 1. The van der Waals surface area contributed by atoms with Gasteiger partial charge in [-0.25, -0.2) is 9.97 Å². The summed E-state index contributed by atoms with van der Waals surface area (Å²) in [5, 5.41) is 8.33. The van der Waals surface area contributed by atoms with E-state index in [1.54, 1.807) is 11.6 Å². The van der Waals surface area contributed by atoms with Gasteiger partial charge in [0.25, 0.3) is 5.91 Å². The number of carbonyl (C=O) groups is 1. The Kier molecular flexibility index (Phi) is 5.08. The molecule has 2 aliphatic heterocycles. The number of hydrogen-bond donors (Lipinski definition) is 2. The van der Waals surface area contributed by atoms with Crippen LogP contribution in [0.15, 0.2) is 41.9 Å². The summed E-state index contributed by atoms with van der Waals surface area (Å²) in [6.07, 6.45) is 1.65. The molecule has 2 aromatic heterocycles. The number of rotatable bonds is 5. The van der Waals surface area contributed by atoms with E-state index >= 15 is 0 Å². The van der Waals surface area contributed by atoms with Gasteiger partial charge in [-0.05, 0) is 24.3 Å². The largest absolute Gasteiger partial charge is 0.454 e. The number of nitrogens with zero attached hydrogens (tertiary/aromatic N) is 3. The van der Waals surface area contributed by atoms with E-state index in [2.05, 4.69) is 25.5 Å². The summed E-state index contributed by atoms with van der Waals surface area (Å²) in [4.78, 5) is 23.5. The standard InChI is InChI=1S/C20H19N5O4S/c26-19(22-14-2-4-18(21-10-14)25-5-7-27-8-6-25)15-11-30-20(24-15)23-13-1-3-16-17(9-13)29-12-28-16/h1-4,9-11H,5-8,12H2,(H,22,26)(H,23,24). The van der Waals surface area contributed by atoms with Crippen molar-refractivity contribution in [3.05, 3.63) is 47.6 Å². The Hall–Kier alpha value is -3.37. The second kappa shape index (κ2) is 8.17. The average molecular weight is 425 g/mol. The predicted octanol–water partition coefficient (Wildman–Crippen LogP) is 3.10. The van der Waals surface area contributed by atoms with Crippen molar-refractivity contribution in [2.45, 2.75) is 0 Å². The minimum Gasteiger partial charge on any atom is -0.454 e. The molecule has 5 rings (SSSR count). The second-order valence-corrected chi connectivity index (χ2v) is 7.55. The summed E-state index contributed by atoms with van der Waals surface area (Å²) in [5.74, 6) is 1.99. The molecule has 0 aliphatic carbocycles. The van der Waals surface area contributed by atoms with Crippen LogP contribution in [-0.2, 0) is 4.74 Å². The van der Waals surface area contributed by atoms with E-state index in [1.165, 1.54) is 11.3 Å². The van der Waals surface area contributed by atoms with Gasteiger partial charge in [-0.15, -0.1) is 11.3 Å². The molecule has 1 amide bonds. The zero-order valence-corrected chi connectivity index (χ0v) is 16.8. The van der Waals surface area contributed by atoms with Crippen LogP contribution in [0.5, 0.6) is 11.5 Å². The number of fused-ring (bicyclic) bond motifs is 1. The van der Waals surface area contributed by atoms with Gasteiger partial charge in [-0.1, -0.05) is 0 Å². The first-order valence-electron chi connectivity index (χ1n) is 9.47. The number of pyridine rings is 1. The zero-order chi connectivity index (χ0) is 20.3. The van der Waals surface area contributed by atoms with Gasteiger partial charge in [0.2, 0.25) is 6.79 Å². The van der Waals surface area contributed by atoms with E-state index in [9.17, 15) is 4.79 Å². The third-order valence-electron chi connectivity index (χ3n) is 4.70. The minimum absolute atomic E-state index is 0.225. The maximum absolute atomic E-state index is 12.5. The van der Waals surface area contributed by atoms with Gasteiger partial charge in [0.05, 0.1) is 25.1 Å². The Bertz CT molecular complexity index is 1050. The monoisotopic (exact) mass is 425 g/mol. The lowest BCUT2D eigenvalue weighted by molar-refractivity contribution is 0.102. The topological polar surface area (TPSA) is 97.8 Å². The highest BCUT2D eigenvalue weighted by Crippen LogP contribution is 2.35. The molecule has 0 atom stereocenters. The lowest BCUT2D eigenvalue weighted by Crippen LogP contribution is -2.36. The maximum Gasteiger partial charge on any atom is 0.275 e. The van der Waals surface area contributed by atoms with Gasteiger partial charge in [0, 0.05) is 30.2 Å². The van der Waals surface area contributed by atoms with Crippen LogP contribution >= 0.6 is 11.3 Å². The van der Waals surface area contributed by atoms with Crippen LogP contribution < -0.4 is 25.0 Å². The lowest BCUT2D eigenvalue weighted by atomic mass is 10.3. The van der Waals surface area contributed by atoms with Crippen molar-refractivity contribution < 1.29 is 19.0 Å². The smallest absolute Gasteiger partial charge is 0.275 e. The summed E-state index contributed by atoms with van der Waals surface area (Å²) >= 11 is 1.35. The minimum atomic E-state index is -0.286. The molecule has 0 saturated carbocycles. The molecule has 0 bridgehead atoms. The van der Waals surface area contributed by atoms with E-state index in [4.69, 9.17) is 14.2 Å². The van der Waals surface area contributed by atoms with E-state index < -0.39 is 0 Å². The van der Waals surface area contributed by atoms with E-state index in [1.807, 2.05) is 30.3 Å². The number of carbonyl (C=O) groups excluding carboxylic acids is 1. The van der Waals surface area contributed by atoms with E-state index in [0.29, 0.717) is 41.2 Å². The summed E-state index contributed by atoms with van der Waals surface area (Å²) in [5.41, 5.74) is 1.76. The molecule has 1 aromatic carbocycles. The van der Waals surface area contributed by atoms with Gasteiger partial charge in [-0.2, -0.15) is 0 Å². The molecule has 1 saturated heterocycles. The normalized spacial score (nSPS) is 15.1. The van der Waals surface area contributed by atoms with Gasteiger partial charge in [0.15, 0.2) is 16.6 Å². The number of aromatic nitrogens is 2. The molecule has 0 radical (unpaired) electrons. The highest BCUT2D eigenvalue weighted by molar-refractivity contribution is 7.14. The number of nitrogens with one attached hydrogen (secondary N) is 2. The van der Waals surface area contributed by atoms with Crippen LogP contribution in [0.4, 0.5) is 22.3 Å². The third kappa shape index (κ3) is 4.00. The first-order valence-corrected chi connectivity index (χ1v) is 10.3. The van der Waals surface area contributed by atoms with Crippen molar-refractivity contribution in [2.24, 2.45) is 0 Å². The van der Waals surface area contributed by atoms with Crippen LogP contribution in [-0.4, -0.2) is 49.0 Å². The highest BCUT2D eigenvalue weighted by Gasteiger charge is 2.16. The third-order valence-corrected chi connectivity index (χ3v) is 5.46. The molecule has 2 aliphatic rings. The van der Waals surface area contributed by atoms with Crippen LogP contribution in [0.25, 0.3) is 0 Å². The van der Waals surface area contributed by atoms with Crippen molar-refractivity contribution in [1.82, 2.24) is 9.97 Å². The highest BCUT2D eigenvalue weighted by atomic mass is 32.1. The van der Waals surface area contributed by atoms with Gasteiger partial charge < -0.3 is 29.7 Å². The van der Waals surface area contributed by atoms with E-state index in [-0.39, 0.29) is 12.7 Å². The van der Waals surface area contributed by atoms with Crippen molar-refractivity contribution in [1.29, 1.82) is 0 Å². The SMILES string of the molecule is O=C(Nc1ccc(N2CCOCC2)nc1)c1csc(Nc2ccc3c(c2)OCO3)n1. The van der Waals surface area contributed by atoms with Crippen molar-refractivity contribution in [3.8, 4) is 11.5 Å². The second-order valence-electron chi connectivity index (χ2n) is 6.69. The molecular formula is C20H19N5O4S. The Morgan fingerprint density at radius 2 is 1.90 bits per heavy atom. The molecule has 2 N–H and O–H groups in total. The fourth-order valence-corrected chi connectivity index (χ4v) is 3.88. The number of thiazole rings is 1. The lowest BCUT2D eigenvalue weighted by Gasteiger charge is -2.27. The van der Waals surface area contributed by atoms with Gasteiger partial charge in [-0.3, -0.25) is 4.79 Å². The first-order chi connectivity index (χ1) is 14.7. The molecule has 9 nitrogen and oxygen atoms in total. The van der Waals surface area contributed by atoms with E-state index in [0.717, 1.165) is 24.6 Å². The van der Waals surface area contributed by atoms with Crippen LogP contribution in [0.3, 0.4) is 0 Å². The molecule has 30 heavy (non-hydrogen) atoms. The number of hydrogen-bond acceptors (Lipinski definition) is 9. The quantitative estimate of drug-likeness (QED) is 0.644. The summed E-state index contributed by atoms with van der Waals surface area (Å²) < 4.78 is 16.0. The fraction of sp³-hybridized carbons (Fsp3) is 0.250. The molecular weight excluding hydrogens is 406 g/mol. The van der Waals surface area contributed by atoms with Crippen LogP contribution in [0, 0.1) is 0 Å². The van der Waals surface area contributed by atoms with Crippen molar-refractivity contribution >= 4 is 39.6 Å². The molecule has 0 spiro atoms. The molecule has 10 heteroatoms. The molecule has 4 heterocycles. The number of anilines is 4. The van der Waals surface area contributed by atoms with Crippen molar-refractivity contribution in [3.63, 3.8) is 0 Å². The van der Waals surface area contributed by atoms with Crippen LogP contribution in [0.1, 0.15) is 10.5 Å². The predicted molar refractivity (Wildman–Crippen MR) is 113 cm³/mol. The maximum atomic E-state index is 12.5. The Labute approximate surface area is 176 Å². The number of morpholine rings is 1. The molecule has 0 unspecified atom stereocenters. The Balaban J connectivity index is 1.21. The summed E-state index contributed by atoms with van der Waals surface area (Å²) in [6.45, 7) is 3.26. The molecule has 1 fully saturated rings. The fourth-order valence-electron chi connectivity index (χ4n) is 3.17. The zero-order valence-electron chi connectivity index (χ0n) is 16.0. The number of benzene rings is 1. The Morgan fingerprint density at radius 3 is 2.73 bits per heavy atom. The average Bonchev–Trinajstić information content (AvgIpc) is 3.44. The number of ether oxygens (including phenoxy) is 3. The molecule has 154 valence electrons. The molecule has 3 aromatic rings. The summed E-state index contributed by atoms with van der Waals surface area (Å²) in [6, 6.07) is 9.28. The van der Waals surface area contributed by atoms with Gasteiger partial charge >= 0.3 is 0 Å². The Morgan fingerprint density at radius 1 is 1.07 bits per heavy atom. The van der Waals surface area contributed by atoms with Crippen molar-refractivity contribution in [2.75, 3.05) is 48.6 Å². The summed E-state index contributed by atoms with van der Waals surface area (Å²) in [7, 11) is 0. The van der Waals surface area contributed by atoms with Gasteiger partial charge in [0.1, 0.15) is 11.5 Å².